The number of aliphatic hydroxyl groups is 1. The maximum absolute atomic E-state index is 10.7. The first-order valence-corrected chi connectivity index (χ1v) is 11.6. The zero-order valence-electron chi connectivity index (χ0n) is 18.5. The number of hydrogen-bond donors (Lipinski definition) is 2. The van der Waals surface area contributed by atoms with Crippen molar-refractivity contribution in [2.24, 2.45) is 0 Å². The molecule has 2 heterocycles. The summed E-state index contributed by atoms with van der Waals surface area (Å²) in [6, 6.07) is 7.39. The number of rotatable bonds is 9. The molecule has 1 aliphatic heterocycles. The van der Waals surface area contributed by atoms with Crippen LogP contribution in [0.15, 0.2) is 18.2 Å². The van der Waals surface area contributed by atoms with Crippen LogP contribution in [-0.4, -0.2) is 71.4 Å². The Morgan fingerprint density at radius 3 is 2.86 bits per heavy atom. The Bertz CT molecular complexity index is 826. The van der Waals surface area contributed by atoms with Gasteiger partial charge in [-0.2, -0.15) is 0 Å². The first kappa shape index (κ1) is 20.9. The highest BCUT2D eigenvalue weighted by atomic mass is 16.3. The highest BCUT2D eigenvalue weighted by Crippen LogP contribution is 2.42. The number of likely N-dealkylation sites (N-methyl/N-ethyl adjacent to an activating group) is 1. The maximum Gasteiger partial charge on any atom is 0.0791 e. The van der Waals surface area contributed by atoms with E-state index in [9.17, 15) is 5.11 Å². The number of nitrogens with zero attached hydrogens (tertiary/aromatic N) is 3. The van der Waals surface area contributed by atoms with Crippen LogP contribution in [0.25, 0.3) is 10.9 Å². The minimum Gasteiger partial charge on any atom is -0.390 e. The van der Waals surface area contributed by atoms with Crippen LogP contribution in [0.5, 0.6) is 0 Å². The lowest BCUT2D eigenvalue weighted by molar-refractivity contribution is 0.0638. The molecule has 2 aromatic rings. The van der Waals surface area contributed by atoms with E-state index in [1.807, 2.05) is 0 Å². The van der Waals surface area contributed by atoms with E-state index >= 15 is 0 Å². The van der Waals surface area contributed by atoms with Gasteiger partial charge >= 0.3 is 0 Å². The van der Waals surface area contributed by atoms with E-state index in [1.54, 1.807) is 5.56 Å². The van der Waals surface area contributed by atoms with Gasteiger partial charge in [0.15, 0.2) is 0 Å². The lowest BCUT2D eigenvalue weighted by Crippen LogP contribution is -2.46. The summed E-state index contributed by atoms with van der Waals surface area (Å²) < 4.78 is 2.57. The summed E-state index contributed by atoms with van der Waals surface area (Å²) >= 11 is 0. The molecule has 0 bridgehead atoms. The van der Waals surface area contributed by atoms with Crippen molar-refractivity contribution in [1.82, 2.24) is 19.7 Å². The summed E-state index contributed by atoms with van der Waals surface area (Å²) in [5.41, 5.74) is 5.86. The van der Waals surface area contributed by atoms with Crippen LogP contribution in [-0.2, 0) is 13.0 Å². The lowest BCUT2D eigenvalue weighted by Gasteiger charge is -2.40. The third-order valence-corrected chi connectivity index (χ3v) is 6.96. The third kappa shape index (κ3) is 4.24. The van der Waals surface area contributed by atoms with Crippen LogP contribution in [0.1, 0.15) is 49.6 Å². The summed E-state index contributed by atoms with van der Waals surface area (Å²) in [5, 5.41) is 15.6. The van der Waals surface area contributed by atoms with Crippen LogP contribution in [0.2, 0.25) is 0 Å². The van der Waals surface area contributed by atoms with Gasteiger partial charge in [-0.15, -0.1) is 0 Å². The average Bonchev–Trinajstić information content (AvgIpc) is 3.05. The minimum absolute atomic E-state index is 0.310. The van der Waals surface area contributed by atoms with Crippen molar-refractivity contribution < 1.29 is 5.11 Å². The third-order valence-electron chi connectivity index (χ3n) is 6.96. The van der Waals surface area contributed by atoms with E-state index in [2.05, 4.69) is 58.7 Å². The summed E-state index contributed by atoms with van der Waals surface area (Å²) in [6.07, 6.45) is 3.35. The smallest absolute Gasteiger partial charge is 0.0791 e. The monoisotopic (exact) mass is 398 g/mol. The quantitative estimate of drug-likeness (QED) is 0.638. The van der Waals surface area contributed by atoms with E-state index in [1.165, 1.54) is 41.4 Å². The van der Waals surface area contributed by atoms with Gasteiger partial charge in [-0.3, -0.25) is 4.90 Å². The van der Waals surface area contributed by atoms with Crippen molar-refractivity contribution >= 4 is 10.9 Å². The molecule has 0 spiro atoms. The van der Waals surface area contributed by atoms with Gasteiger partial charge in [-0.25, -0.2) is 0 Å². The molecule has 1 aromatic carbocycles. The molecule has 0 saturated heterocycles. The molecule has 1 aliphatic carbocycles. The standard InChI is InChI=1S/C24H38N4O/c1-4-26(5-2)12-11-25-16-19(29)17-27-13-14-28-22-10-9-18(3)15-21(22)20-7-6-8-23(27)24(20)28/h9-10,15,19,23,25,29H,4-8,11-14,16-17H2,1-3H3. The highest BCUT2D eigenvalue weighted by Gasteiger charge is 2.35. The lowest BCUT2D eigenvalue weighted by atomic mass is 9.89. The predicted octanol–water partition coefficient (Wildman–Crippen LogP) is 2.94. The molecule has 0 saturated carbocycles. The molecule has 5 heteroatoms. The summed E-state index contributed by atoms with van der Waals surface area (Å²) in [6.45, 7) is 14.3. The Morgan fingerprint density at radius 2 is 2.07 bits per heavy atom. The van der Waals surface area contributed by atoms with Gasteiger partial charge in [0, 0.05) is 55.9 Å². The maximum atomic E-state index is 10.7. The van der Waals surface area contributed by atoms with E-state index in [4.69, 9.17) is 0 Å². The number of hydrogen-bond acceptors (Lipinski definition) is 4. The van der Waals surface area contributed by atoms with Crippen LogP contribution in [0, 0.1) is 6.92 Å². The van der Waals surface area contributed by atoms with E-state index < -0.39 is 0 Å². The Kier molecular flexibility index (Phi) is 6.60. The number of aliphatic hydroxyl groups excluding tert-OH is 1. The molecule has 0 fully saturated rings. The Balaban J connectivity index is 1.41. The fraction of sp³-hybridized carbons (Fsp3) is 0.667. The van der Waals surface area contributed by atoms with Crippen molar-refractivity contribution in [3.8, 4) is 0 Å². The second kappa shape index (κ2) is 9.17. The molecule has 2 unspecified atom stereocenters. The van der Waals surface area contributed by atoms with Crippen molar-refractivity contribution in [3.63, 3.8) is 0 Å². The minimum atomic E-state index is -0.310. The number of nitrogens with one attached hydrogen (secondary N) is 1. The summed E-state index contributed by atoms with van der Waals surface area (Å²) in [7, 11) is 0. The summed E-state index contributed by atoms with van der Waals surface area (Å²) in [4.78, 5) is 4.95. The number of benzene rings is 1. The second-order valence-corrected chi connectivity index (χ2v) is 8.82. The molecule has 160 valence electrons. The van der Waals surface area contributed by atoms with Crippen molar-refractivity contribution in [3.05, 3.63) is 35.0 Å². The Labute approximate surface area is 175 Å². The number of fused-ring (bicyclic) bond motifs is 3. The molecular formula is C24H38N4O. The fourth-order valence-corrected chi connectivity index (χ4v) is 5.39. The van der Waals surface area contributed by atoms with Crippen LogP contribution >= 0.6 is 0 Å². The van der Waals surface area contributed by atoms with Crippen LogP contribution in [0.3, 0.4) is 0 Å². The SMILES string of the molecule is CCN(CC)CCNCC(O)CN1CCn2c3c(c4cc(C)ccc42)CCCC31. The highest BCUT2D eigenvalue weighted by molar-refractivity contribution is 5.87. The molecule has 4 rings (SSSR count). The van der Waals surface area contributed by atoms with Crippen LogP contribution in [0.4, 0.5) is 0 Å². The van der Waals surface area contributed by atoms with Crippen molar-refractivity contribution in [1.29, 1.82) is 0 Å². The van der Waals surface area contributed by atoms with E-state index in [-0.39, 0.29) is 6.10 Å². The molecule has 5 nitrogen and oxygen atoms in total. The molecule has 2 atom stereocenters. The largest absolute Gasteiger partial charge is 0.390 e. The zero-order chi connectivity index (χ0) is 20.4. The Hall–Kier alpha value is -1.40. The molecule has 0 amide bonds. The van der Waals surface area contributed by atoms with Gasteiger partial charge in [0.1, 0.15) is 0 Å². The van der Waals surface area contributed by atoms with Gasteiger partial charge in [-0.05, 0) is 57.0 Å². The number of aryl methyl sites for hydroxylation is 2. The van der Waals surface area contributed by atoms with Gasteiger partial charge in [0.2, 0.25) is 0 Å². The average molecular weight is 399 g/mol. The molecule has 2 N–H and O–H groups in total. The fourth-order valence-electron chi connectivity index (χ4n) is 5.39. The molecule has 1 aromatic heterocycles. The first-order valence-electron chi connectivity index (χ1n) is 11.6. The van der Waals surface area contributed by atoms with Gasteiger partial charge in [0.25, 0.3) is 0 Å². The number of β-amino-alcohol motifs (C(OH)–C–C–N with tert-alkyl or cyclic N) is 1. The Morgan fingerprint density at radius 1 is 1.24 bits per heavy atom. The summed E-state index contributed by atoms with van der Waals surface area (Å²) in [5.74, 6) is 0. The van der Waals surface area contributed by atoms with Gasteiger partial charge < -0.3 is 19.9 Å². The predicted molar refractivity (Wildman–Crippen MR) is 121 cm³/mol. The molecule has 2 aliphatic rings. The first-order chi connectivity index (χ1) is 14.1. The second-order valence-electron chi connectivity index (χ2n) is 8.82. The van der Waals surface area contributed by atoms with Crippen molar-refractivity contribution in [2.45, 2.75) is 58.7 Å². The van der Waals surface area contributed by atoms with E-state index in [0.717, 1.165) is 45.8 Å². The molecule has 0 radical (unpaired) electrons. The molecular weight excluding hydrogens is 360 g/mol. The van der Waals surface area contributed by atoms with Crippen molar-refractivity contribution in [2.75, 3.05) is 45.8 Å². The van der Waals surface area contributed by atoms with Gasteiger partial charge in [-0.1, -0.05) is 25.5 Å². The topological polar surface area (TPSA) is 43.7 Å². The zero-order valence-corrected chi connectivity index (χ0v) is 18.5. The molecule has 29 heavy (non-hydrogen) atoms. The van der Waals surface area contributed by atoms with E-state index in [0.29, 0.717) is 12.6 Å². The normalized spacial score (nSPS) is 20.4. The van der Waals surface area contributed by atoms with Gasteiger partial charge in [0.05, 0.1) is 12.1 Å². The van der Waals surface area contributed by atoms with Crippen LogP contribution < -0.4 is 5.32 Å². The number of aromatic nitrogens is 1.